The first kappa shape index (κ1) is 11.5. The van der Waals surface area contributed by atoms with E-state index < -0.39 is 0 Å². The number of hydrogen-bond donors (Lipinski definition) is 2. The van der Waals surface area contributed by atoms with Crippen LogP contribution in [0.3, 0.4) is 0 Å². The van der Waals surface area contributed by atoms with Crippen molar-refractivity contribution >= 4 is 5.91 Å². The highest BCUT2D eigenvalue weighted by Gasteiger charge is 2.15. The van der Waals surface area contributed by atoms with Gasteiger partial charge in [0.15, 0.2) is 0 Å². The monoisotopic (exact) mass is 200 g/mol. The van der Waals surface area contributed by atoms with Gasteiger partial charge >= 0.3 is 0 Å². The summed E-state index contributed by atoms with van der Waals surface area (Å²) in [5.41, 5.74) is 5.34. The van der Waals surface area contributed by atoms with E-state index >= 15 is 0 Å². The quantitative estimate of drug-likeness (QED) is 0.605. The summed E-state index contributed by atoms with van der Waals surface area (Å²) in [4.78, 5) is 11.3. The Bertz CT molecular complexity index is 168. The number of carbonyl (C=O) groups excluding carboxylic acids is 1. The largest absolute Gasteiger partial charge is 0.381 e. The van der Waals surface area contributed by atoms with Crippen molar-refractivity contribution in [1.82, 2.24) is 5.32 Å². The van der Waals surface area contributed by atoms with Crippen molar-refractivity contribution < 1.29 is 9.53 Å². The van der Waals surface area contributed by atoms with E-state index in [9.17, 15) is 4.79 Å². The molecular weight excluding hydrogens is 180 g/mol. The van der Waals surface area contributed by atoms with Gasteiger partial charge in [-0.15, -0.1) is 0 Å². The summed E-state index contributed by atoms with van der Waals surface area (Å²) < 4.78 is 5.22. The predicted molar refractivity (Wildman–Crippen MR) is 54.8 cm³/mol. The van der Waals surface area contributed by atoms with Gasteiger partial charge in [0.05, 0.1) is 6.61 Å². The van der Waals surface area contributed by atoms with Gasteiger partial charge in [-0.1, -0.05) is 0 Å². The summed E-state index contributed by atoms with van der Waals surface area (Å²) in [7, 11) is 0. The van der Waals surface area contributed by atoms with Crippen LogP contribution >= 0.6 is 0 Å². The average Bonchev–Trinajstić information content (AvgIpc) is 2.68. The highest BCUT2D eigenvalue weighted by Crippen LogP contribution is 2.10. The predicted octanol–water partition coefficient (Wildman–Crippen LogP) is 0.268. The Morgan fingerprint density at radius 1 is 1.50 bits per heavy atom. The highest BCUT2D eigenvalue weighted by molar-refractivity contribution is 5.75. The molecule has 1 aliphatic heterocycles. The minimum atomic E-state index is 0.144. The molecule has 1 heterocycles. The third-order valence-corrected chi connectivity index (χ3v) is 2.47. The van der Waals surface area contributed by atoms with E-state index in [0.717, 1.165) is 39.0 Å². The van der Waals surface area contributed by atoms with E-state index in [1.807, 2.05) is 0 Å². The minimum Gasteiger partial charge on any atom is -0.381 e. The molecule has 0 saturated carbocycles. The van der Waals surface area contributed by atoms with E-state index in [1.54, 1.807) is 0 Å². The molecular formula is C10H20N2O2. The zero-order valence-electron chi connectivity index (χ0n) is 8.63. The lowest BCUT2D eigenvalue weighted by molar-refractivity contribution is -0.121. The Morgan fingerprint density at radius 2 is 2.36 bits per heavy atom. The summed E-state index contributed by atoms with van der Waals surface area (Å²) >= 11 is 0. The fraction of sp³-hybridized carbons (Fsp3) is 0.900. The zero-order chi connectivity index (χ0) is 10.2. The fourth-order valence-electron chi connectivity index (χ4n) is 1.52. The van der Waals surface area contributed by atoms with Crippen molar-refractivity contribution in [1.29, 1.82) is 0 Å². The molecule has 4 nitrogen and oxygen atoms in total. The molecule has 0 aromatic rings. The standard InChI is InChI=1S/C10H20N2O2/c11-5-2-1-3-10(13)12-7-9-4-6-14-8-9/h9H,1-8,11H2,(H,12,13). The third-order valence-electron chi connectivity index (χ3n) is 2.47. The first-order chi connectivity index (χ1) is 6.83. The Hall–Kier alpha value is -0.610. The lowest BCUT2D eigenvalue weighted by Crippen LogP contribution is -2.29. The van der Waals surface area contributed by atoms with Crippen LogP contribution in [0.4, 0.5) is 0 Å². The molecule has 1 fully saturated rings. The molecule has 0 aromatic heterocycles. The molecule has 82 valence electrons. The molecule has 1 rings (SSSR count). The first-order valence-corrected chi connectivity index (χ1v) is 5.37. The van der Waals surface area contributed by atoms with Crippen molar-refractivity contribution in [3.63, 3.8) is 0 Å². The first-order valence-electron chi connectivity index (χ1n) is 5.37. The molecule has 1 atom stereocenters. The third kappa shape index (κ3) is 4.58. The van der Waals surface area contributed by atoms with Gasteiger partial charge in [0.25, 0.3) is 0 Å². The fourth-order valence-corrected chi connectivity index (χ4v) is 1.52. The maximum atomic E-state index is 11.3. The van der Waals surface area contributed by atoms with Gasteiger partial charge in [0.2, 0.25) is 5.91 Å². The van der Waals surface area contributed by atoms with Crippen LogP contribution < -0.4 is 11.1 Å². The molecule has 14 heavy (non-hydrogen) atoms. The Morgan fingerprint density at radius 3 is 3.00 bits per heavy atom. The van der Waals surface area contributed by atoms with E-state index in [1.165, 1.54) is 0 Å². The number of hydrogen-bond acceptors (Lipinski definition) is 3. The van der Waals surface area contributed by atoms with Crippen molar-refractivity contribution in [2.24, 2.45) is 11.7 Å². The topological polar surface area (TPSA) is 64.4 Å². The molecule has 0 radical (unpaired) electrons. The molecule has 1 saturated heterocycles. The molecule has 0 aromatic carbocycles. The van der Waals surface area contributed by atoms with Gasteiger partial charge in [-0.05, 0) is 25.8 Å². The molecule has 3 N–H and O–H groups in total. The van der Waals surface area contributed by atoms with E-state index in [4.69, 9.17) is 10.5 Å². The van der Waals surface area contributed by atoms with Crippen molar-refractivity contribution in [3.05, 3.63) is 0 Å². The summed E-state index contributed by atoms with van der Waals surface area (Å²) in [5, 5.41) is 2.92. The second kappa shape index (κ2) is 6.79. The highest BCUT2D eigenvalue weighted by atomic mass is 16.5. The summed E-state index contributed by atoms with van der Waals surface area (Å²) in [5.74, 6) is 0.666. The number of nitrogens with one attached hydrogen (secondary N) is 1. The second-order valence-electron chi connectivity index (χ2n) is 3.78. The normalized spacial score (nSPS) is 21.1. The van der Waals surface area contributed by atoms with Gasteiger partial charge < -0.3 is 15.8 Å². The van der Waals surface area contributed by atoms with Crippen LogP contribution in [0.5, 0.6) is 0 Å². The molecule has 1 unspecified atom stereocenters. The molecule has 1 amide bonds. The van der Waals surface area contributed by atoms with Crippen LogP contribution in [0.25, 0.3) is 0 Å². The Kier molecular flexibility index (Phi) is 5.56. The number of carbonyl (C=O) groups is 1. The van der Waals surface area contributed by atoms with Crippen LogP contribution in [-0.4, -0.2) is 32.2 Å². The van der Waals surface area contributed by atoms with Crippen LogP contribution in [0.1, 0.15) is 25.7 Å². The average molecular weight is 200 g/mol. The number of amides is 1. The van der Waals surface area contributed by atoms with Crippen molar-refractivity contribution in [2.75, 3.05) is 26.3 Å². The second-order valence-corrected chi connectivity index (χ2v) is 3.78. The summed E-state index contributed by atoms with van der Waals surface area (Å²) in [6.45, 7) is 3.07. The number of nitrogens with two attached hydrogens (primary N) is 1. The molecule has 4 heteroatoms. The van der Waals surface area contributed by atoms with Crippen LogP contribution in [0, 0.1) is 5.92 Å². The van der Waals surface area contributed by atoms with Crippen LogP contribution in [0.2, 0.25) is 0 Å². The number of unbranched alkanes of at least 4 members (excludes halogenated alkanes) is 1. The van der Waals surface area contributed by atoms with Gasteiger partial charge in [-0.3, -0.25) is 4.79 Å². The Balaban J connectivity index is 1.96. The van der Waals surface area contributed by atoms with E-state index in [2.05, 4.69) is 5.32 Å². The van der Waals surface area contributed by atoms with E-state index in [-0.39, 0.29) is 5.91 Å². The molecule has 0 aliphatic carbocycles. The van der Waals surface area contributed by atoms with E-state index in [0.29, 0.717) is 18.9 Å². The molecule has 0 bridgehead atoms. The van der Waals surface area contributed by atoms with Crippen molar-refractivity contribution in [3.8, 4) is 0 Å². The SMILES string of the molecule is NCCCCC(=O)NCC1CCOC1. The zero-order valence-corrected chi connectivity index (χ0v) is 8.63. The maximum Gasteiger partial charge on any atom is 0.220 e. The van der Waals surface area contributed by atoms with Gasteiger partial charge in [-0.25, -0.2) is 0 Å². The Labute approximate surface area is 85.2 Å². The molecule has 0 spiro atoms. The summed E-state index contributed by atoms with van der Waals surface area (Å²) in [6, 6.07) is 0. The lowest BCUT2D eigenvalue weighted by Gasteiger charge is -2.08. The summed E-state index contributed by atoms with van der Waals surface area (Å²) in [6.07, 6.45) is 3.50. The van der Waals surface area contributed by atoms with Crippen LogP contribution in [-0.2, 0) is 9.53 Å². The molecule has 1 aliphatic rings. The maximum absolute atomic E-state index is 11.3. The van der Waals surface area contributed by atoms with Crippen molar-refractivity contribution in [2.45, 2.75) is 25.7 Å². The number of rotatable bonds is 6. The van der Waals surface area contributed by atoms with Gasteiger partial charge in [-0.2, -0.15) is 0 Å². The minimum absolute atomic E-state index is 0.144. The lowest BCUT2D eigenvalue weighted by atomic mass is 10.1. The number of ether oxygens (including phenoxy) is 1. The smallest absolute Gasteiger partial charge is 0.220 e. The van der Waals surface area contributed by atoms with Gasteiger partial charge in [0, 0.05) is 25.5 Å². The van der Waals surface area contributed by atoms with Crippen LogP contribution in [0.15, 0.2) is 0 Å². The van der Waals surface area contributed by atoms with Gasteiger partial charge in [0.1, 0.15) is 0 Å².